The first-order chi connectivity index (χ1) is 10.1. The molecule has 0 spiro atoms. The SMILES string of the molecule is CSCC(C)C(=O)Nc1cnccc1-c1cccc(F)c1. The molecule has 110 valence electrons. The number of anilines is 1. The van der Waals surface area contributed by atoms with Crippen molar-refractivity contribution in [3.05, 3.63) is 48.5 Å². The molecular formula is C16H17FN2OS. The monoisotopic (exact) mass is 304 g/mol. The number of nitrogens with one attached hydrogen (secondary N) is 1. The van der Waals surface area contributed by atoms with Gasteiger partial charge in [0.2, 0.25) is 5.91 Å². The summed E-state index contributed by atoms with van der Waals surface area (Å²) in [5.41, 5.74) is 2.07. The van der Waals surface area contributed by atoms with Gasteiger partial charge >= 0.3 is 0 Å². The minimum atomic E-state index is -0.308. The van der Waals surface area contributed by atoms with Gasteiger partial charge < -0.3 is 5.32 Å². The van der Waals surface area contributed by atoms with E-state index in [0.717, 1.165) is 11.3 Å². The van der Waals surface area contributed by atoms with Crippen LogP contribution < -0.4 is 5.32 Å². The second-order valence-corrected chi connectivity index (χ2v) is 5.69. The largest absolute Gasteiger partial charge is 0.324 e. The molecule has 0 bridgehead atoms. The summed E-state index contributed by atoms with van der Waals surface area (Å²) in [6.07, 6.45) is 5.18. The van der Waals surface area contributed by atoms with Gasteiger partial charge in [-0.05, 0) is 30.0 Å². The van der Waals surface area contributed by atoms with Gasteiger partial charge in [0.1, 0.15) is 5.82 Å². The minimum Gasteiger partial charge on any atom is -0.324 e. The number of amides is 1. The molecule has 3 nitrogen and oxygen atoms in total. The van der Waals surface area contributed by atoms with Crippen molar-refractivity contribution in [3.8, 4) is 11.1 Å². The van der Waals surface area contributed by atoms with E-state index in [1.807, 2.05) is 13.2 Å². The topological polar surface area (TPSA) is 42.0 Å². The lowest BCUT2D eigenvalue weighted by atomic mass is 10.0. The molecule has 0 fully saturated rings. The number of pyridine rings is 1. The Labute approximate surface area is 128 Å². The molecule has 0 saturated heterocycles. The smallest absolute Gasteiger partial charge is 0.228 e. The van der Waals surface area contributed by atoms with Gasteiger partial charge in [-0.15, -0.1) is 0 Å². The van der Waals surface area contributed by atoms with Gasteiger partial charge in [-0.2, -0.15) is 11.8 Å². The van der Waals surface area contributed by atoms with Crippen molar-refractivity contribution in [1.29, 1.82) is 0 Å². The molecule has 0 aliphatic heterocycles. The van der Waals surface area contributed by atoms with Gasteiger partial charge in [0, 0.05) is 23.4 Å². The van der Waals surface area contributed by atoms with Gasteiger partial charge in [0.05, 0.1) is 11.9 Å². The van der Waals surface area contributed by atoms with Crippen molar-refractivity contribution in [2.45, 2.75) is 6.92 Å². The lowest BCUT2D eigenvalue weighted by Gasteiger charge is -2.14. The summed E-state index contributed by atoms with van der Waals surface area (Å²) in [6.45, 7) is 1.88. The number of aromatic nitrogens is 1. The van der Waals surface area contributed by atoms with E-state index in [0.29, 0.717) is 11.3 Å². The molecule has 0 aliphatic carbocycles. The summed E-state index contributed by atoms with van der Waals surface area (Å²) < 4.78 is 13.4. The van der Waals surface area contributed by atoms with Crippen molar-refractivity contribution in [1.82, 2.24) is 4.98 Å². The number of carbonyl (C=O) groups is 1. The van der Waals surface area contributed by atoms with E-state index in [2.05, 4.69) is 10.3 Å². The fourth-order valence-corrected chi connectivity index (χ4v) is 2.63. The number of thioether (sulfide) groups is 1. The predicted molar refractivity (Wildman–Crippen MR) is 85.8 cm³/mol. The third kappa shape index (κ3) is 4.04. The molecule has 0 aliphatic rings. The summed E-state index contributed by atoms with van der Waals surface area (Å²) in [6, 6.07) is 8.05. The molecule has 1 atom stereocenters. The van der Waals surface area contributed by atoms with Gasteiger partial charge in [-0.3, -0.25) is 9.78 Å². The maximum atomic E-state index is 13.4. The van der Waals surface area contributed by atoms with Crippen LogP contribution in [0.2, 0.25) is 0 Å². The number of benzene rings is 1. The van der Waals surface area contributed by atoms with Gasteiger partial charge in [-0.25, -0.2) is 4.39 Å². The van der Waals surface area contributed by atoms with Crippen LogP contribution in [0.5, 0.6) is 0 Å². The summed E-state index contributed by atoms with van der Waals surface area (Å²) in [5.74, 6) is 0.286. The standard InChI is InChI=1S/C16H17FN2OS/c1-11(10-21-2)16(20)19-15-9-18-7-6-14(15)12-4-3-5-13(17)8-12/h3-9,11H,10H2,1-2H3,(H,19,20). The highest BCUT2D eigenvalue weighted by Crippen LogP contribution is 2.27. The number of rotatable bonds is 5. The van der Waals surface area contributed by atoms with Crippen molar-refractivity contribution in [2.75, 3.05) is 17.3 Å². The Bertz CT molecular complexity index is 633. The Hall–Kier alpha value is -1.88. The highest BCUT2D eigenvalue weighted by Gasteiger charge is 2.14. The number of hydrogen-bond acceptors (Lipinski definition) is 3. The van der Waals surface area contributed by atoms with Crippen LogP contribution in [0, 0.1) is 11.7 Å². The van der Waals surface area contributed by atoms with E-state index in [1.165, 1.54) is 12.1 Å². The maximum Gasteiger partial charge on any atom is 0.228 e. The Morgan fingerprint density at radius 1 is 1.43 bits per heavy atom. The van der Waals surface area contributed by atoms with Crippen LogP contribution in [-0.4, -0.2) is 22.9 Å². The average Bonchev–Trinajstić information content (AvgIpc) is 2.48. The fraction of sp³-hybridized carbons (Fsp3) is 0.250. The van der Waals surface area contributed by atoms with E-state index in [1.54, 1.807) is 42.4 Å². The van der Waals surface area contributed by atoms with Gasteiger partial charge in [0.15, 0.2) is 0 Å². The van der Waals surface area contributed by atoms with E-state index in [9.17, 15) is 9.18 Å². The van der Waals surface area contributed by atoms with Crippen LogP contribution in [0.3, 0.4) is 0 Å². The molecule has 0 radical (unpaired) electrons. The fourth-order valence-electron chi connectivity index (χ4n) is 1.98. The zero-order chi connectivity index (χ0) is 15.2. The Balaban J connectivity index is 2.27. The summed E-state index contributed by atoms with van der Waals surface area (Å²) in [5, 5.41) is 2.88. The van der Waals surface area contributed by atoms with Crippen molar-refractivity contribution in [2.24, 2.45) is 5.92 Å². The number of halogens is 1. The van der Waals surface area contributed by atoms with Crippen molar-refractivity contribution in [3.63, 3.8) is 0 Å². The molecule has 2 aromatic rings. The predicted octanol–water partition coefficient (Wildman–Crippen LogP) is 3.83. The third-order valence-corrected chi connectivity index (χ3v) is 3.91. The molecule has 1 aromatic carbocycles. The van der Waals surface area contributed by atoms with Gasteiger partial charge in [0.25, 0.3) is 0 Å². The first-order valence-electron chi connectivity index (χ1n) is 6.61. The molecule has 5 heteroatoms. The molecule has 0 saturated carbocycles. The van der Waals surface area contributed by atoms with Crippen LogP contribution in [-0.2, 0) is 4.79 Å². The van der Waals surface area contributed by atoms with E-state index >= 15 is 0 Å². The third-order valence-electron chi connectivity index (χ3n) is 3.08. The highest BCUT2D eigenvalue weighted by molar-refractivity contribution is 7.98. The van der Waals surface area contributed by atoms with Crippen LogP contribution >= 0.6 is 11.8 Å². The number of carbonyl (C=O) groups excluding carboxylic acids is 1. The Morgan fingerprint density at radius 3 is 2.95 bits per heavy atom. The molecule has 2 rings (SSSR count). The van der Waals surface area contributed by atoms with Crippen LogP contribution in [0.1, 0.15) is 6.92 Å². The van der Waals surface area contributed by atoms with Crippen LogP contribution in [0.4, 0.5) is 10.1 Å². The maximum absolute atomic E-state index is 13.4. The lowest BCUT2D eigenvalue weighted by molar-refractivity contribution is -0.118. The number of hydrogen-bond donors (Lipinski definition) is 1. The molecule has 21 heavy (non-hydrogen) atoms. The quantitative estimate of drug-likeness (QED) is 0.913. The molecule has 1 amide bonds. The second-order valence-electron chi connectivity index (χ2n) is 4.78. The molecule has 1 heterocycles. The van der Waals surface area contributed by atoms with E-state index in [-0.39, 0.29) is 17.6 Å². The minimum absolute atomic E-state index is 0.0602. The summed E-state index contributed by atoms with van der Waals surface area (Å²) >= 11 is 1.63. The molecular weight excluding hydrogens is 287 g/mol. The Kier molecular flexibility index (Phi) is 5.33. The molecule has 1 unspecified atom stereocenters. The van der Waals surface area contributed by atoms with E-state index < -0.39 is 0 Å². The first-order valence-corrected chi connectivity index (χ1v) is 8.01. The van der Waals surface area contributed by atoms with Crippen LogP contribution in [0.15, 0.2) is 42.7 Å². The highest BCUT2D eigenvalue weighted by atomic mass is 32.2. The number of nitrogens with zero attached hydrogens (tertiary/aromatic N) is 1. The Morgan fingerprint density at radius 2 is 2.24 bits per heavy atom. The average molecular weight is 304 g/mol. The van der Waals surface area contributed by atoms with Crippen LogP contribution in [0.25, 0.3) is 11.1 Å². The summed E-state index contributed by atoms with van der Waals surface area (Å²) in [7, 11) is 0. The van der Waals surface area contributed by atoms with E-state index in [4.69, 9.17) is 0 Å². The second kappa shape index (κ2) is 7.22. The zero-order valence-corrected chi connectivity index (χ0v) is 12.8. The zero-order valence-electron chi connectivity index (χ0n) is 12.0. The van der Waals surface area contributed by atoms with Crippen molar-refractivity contribution >= 4 is 23.4 Å². The van der Waals surface area contributed by atoms with Crippen molar-refractivity contribution < 1.29 is 9.18 Å². The molecule has 1 aromatic heterocycles. The van der Waals surface area contributed by atoms with Gasteiger partial charge in [-0.1, -0.05) is 19.1 Å². The lowest BCUT2D eigenvalue weighted by Crippen LogP contribution is -2.22. The molecule has 1 N–H and O–H groups in total. The first kappa shape index (κ1) is 15.5. The summed E-state index contributed by atoms with van der Waals surface area (Å²) in [4.78, 5) is 16.2. The normalized spacial score (nSPS) is 12.0.